The Bertz CT molecular complexity index is 753. The number of benzene rings is 1. The number of hydrogen-bond acceptors (Lipinski definition) is 3. The number of carbonyl (C=O) groups is 2. The topological polar surface area (TPSA) is 71.8 Å². The van der Waals surface area contributed by atoms with E-state index >= 15 is 0 Å². The van der Waals surface area contributed by atoms with Crippen LogP contribution in [0.5, 0.6) is 0 Å². The molecule has 128 valence electrons. The molecule has 1 amide bonds. The summed E-state index contributed by atoms with van der Waals surface area (Å²) in [5, 5.41) is 10.3. The van der Waals surface area contributed by atoms with E-state index < -0.39 is 12.0 Å². The van der Waals surface area contributed by atoms with Crippen LogP contribution in [0, 0.1) is 0 Å². The molecule has 1 N–H and O–H groups in total. The van der Waals surface area contributed by atoms with Crippen LogP contribution in [0.1, 0.15) is 29.6 Å². The first-order valence-corrected chi connectivity index (χ1v) is 8.24. The zero-order chi connectivity index (χ0) is 17.1. The van der Waals surface area contributed by atoms with Gasteiger partial charge in [0.25, 0.3) is 5.91 Å². The summed E-state index contributed by atoms with van der Waals surface area (Å²) in [6, 6.07) is 6.97. The average Bonchev–Trinajstić information content (AvgIpc) is 2.98. The lowest BCUT2D eigenvalue weighted by atomic mass is 10.0. The number of aliphatic carboxylic acids is 1. The van der Waals surface area contributed by atoms with Crippen LogP contribution in [0.4, 0.5) is 0 Å². The molecule has 1 atom stereocenters. The first-order valence-electron chi connectivity index (χ1n) is 8.24. The number of methoxy groups -OCH3 is 1. The summed E-state index contributed by atoms with van der Waals surface area (Å²) in [4.78, 5) is 26.0. The summed E-state index contributed by atoms with van der Waals surface area (Å²) in [6.45, 7) is 1.69. The predicted octanol–water partition coefficient (Wildman–Crippen LogP) is 2.37. The van der Waals surface area contributed by atoms with E-state index in [-0.39, 0.29) is 5.91 Å². The van der Waals surface area contributed by atoms with E-state index in [1.807, 2.05) is 35.0 Å². The van der Waals surface area contributed by atoms with Gasteiger partial charge >= 0.3 is 5.97 Å². The van der Waals surface area contributed by atoms with E-state index in [1.165, 1.54) is 4.90 Å². The molecule has 0 aliphatic carbocycles. The van der Waals surface area contributed by atoms with Crippen LogP contribution in [-0.2, 0) is 16.1 Å². The van der Waals surface area contributed by atoms with Gasteiger partial charge in [0.2, 0.25) is 0 Å². The fourth-order valence-corrected chi connectivity index (χ4v) is 3.38. The number of carboxylic acid groups (broad SMARTS) is 1. The number of carbonyl (C=O) groups excluding carboxylic acids is 1. The van der Waals surface area contributed by atoms with Gasteiger partial charge in [-0.1, -0.05) is 18.2 Å². The van der Waals surface area contributed by atoms with Gasteiger partial charge in [-0.3, -0.25) is 4.79 Å². The fourth-order valence-electron chi connectivity index (χ4n) is 3.38. The van der Waals surface area contributed by atoms with Gasteiger partial charge in [0.15, 0.2) is 0 Å². The Balaban J connectivity index is 1.98. The van der Waals surface area contributed by atoms with Gasteiger partial charge in [-0.05, 0) is 25.3 Å². The van der Waals surface area contributed by atoms with Gasteiger partial charge < -0.3 is 19.3 Å². The fraction of sp³-hybridized carbons (Fsp3) is 0.444. The third-order valence-electron chi connectivity index (χ3n) is 4.60. The molecule has 1 unspecified atom stereocenters. The zero-order valence-corrected chi connectivity index (χ0v) is 13.8. The van der Waals surface area contributed by atoms with Crippen LogP contribution in [0.25, 0.3) is 10.9 Å². The minimum atomic E-state index is -0.925. The Kier molecular flexibility index (Phi) is 4.85. The van der Waals surface area contributed by atoms with E-state index in [9.17, 15) is 14.7 Å². The molecule has 6 heteroatoms. The molecule has 2 heterocycles. The minimum Gasteiger partial charge on any atom is -0.480 e. The highest BCUT2D eigenvalue weighted by atomic mass is 16.5. The van der Waals surface area contributed by atoms with Crippen LogP contribution in [-0.4, -0.2) is 52.8 Å². The Morgan fingerprint density at radius 3 is 2.83 bits per heavy atom. The lowest BCUT2D eigenvalue weighted by molar-refractivity contribution is -0.143. The monoisotopic (exact) mass is 330 g/mol. The largest absolute Gasteiger partial charge is 0.480 e. The number of nitrogens with zero attached hydrogens (tertiary/aromatic N) is 2. The van der Waals surface area contributed by atoms with E-state index in [1.54, 1.807) is 7.11 Å². The number of para-hydroxylation sites is 1. The van der Waals surface area contributed by atoms with E-state index in [4.69, 9.17) is 4.74 Å². The maximum Gasteiger partial charge on any atom is 0.326 e. The lowest BCUT2D eigenvalue weighted by Gasteiger charge is -2.32. The van der Waals surface area contributed by atoms with Crippen molar-refractivity contribution in [2.45, 2.75) is 31.8 Å². The molecule has 0 saturated carbocycles. The summed E-state index contributed by atoms with van der Waals surface area (Å²) in [6.07, 6.45) is 4.02. The van der Waals surface area contributed by atoms with Crippen molar-refractivity contribution >= 4 is 22.8 Å². The van der Waals surface area contributed by atoms with Crippen LogP contribution < -0.4 is 0 Å². The van der Waals surface area contributed by atoms with Gasteiger partial charge in [0.1, 0.15) is 6.04 Å². The van der Waals surface area contributed by atoms with E-state index in [0.29, 0.717) is 31.7 Å². The van der Waals surface area contributed by atoms with Crippen molar-refractivity contribution < 1.29 is 19.4 Å². The Hall–Kier alpha value is -2.34. The van der Waals surface area contributed by atoms with Crippen molar-refractivity contribution in [3.63, 3.8) is 0 Å². The normalized spacial score (nSPS) is 18.0. The summed E-state index contributed by atoms with van der Waals surface area (Å²) in [7, 11) is 1.64. The predicted molar refractivity (Wildman–Crippen MR) is 90.1 cm³/mol. The highest BCUT2D eigenvalue weighted by Gasteiger charge is 2.33. The van der Waals surface area contributed by atoms with Crippen molar-refractivity contribution in [3.05, 3.63) is 36.0 Å². The smallest absolute Gasteiger partial charge is 0.326 e. The number of carboxylic acids is 1. The van der Waals surface area contributed by atoms with Gasteiger partial charge in [0.05, 0.1) is 12.2 Å². The molecule has 1 aliphatic rings. The van der Waals surface area contributed by atoms with Crippen molar-refractivity contribution in [1.29, 1.82) is 0 Å². The van der Waals surface area contributed by atoms with Crippen LogP contribution in [0.2, 0.25) is 0 Å². The summed E-state index contributed by atoms with van der Waals surface area (Å²) < 4.78 is 7.13. The molecule has 1 aromatic heterocycles. The minimum absolute atomic E-state index is 0.200. The average molecular weight is 330 g/mol. The van der Waals surface area contributed by atoms with E-state index in [2.05, 4.69) is 0 Å². The maximum absolute atomic E-state index is 13.0. The molecule has 1 saturated heterocycles. The van der Waals surface area contributed by atoms with Crippen molar-refractivity contribution in [1.82, 2.24) is 9.47 Å². The van der Waals surface area contributed by atoms with Gasteiger partial charge in [-0.2, -0.15) is 0 Å². The van der Waals surface area contributed by atoms with Gasteiger partial charge in [-0.25, -0.2) is 4.79 Å². The number of ether oxygens (including phenoxy) is 1. The summed E-state index contributed by atoms with van der Waals surface area (Å²) in [5.74, 6) is -1.12. The van der Waals surface area contributed by atoms with Crippen molar-refractivity contribution in [2.75, 3.05) is 20.3 Å². The lowest BCUT2D eigenvalue weighted by Crippen LogP contribution is -2.47. The number of rotatable bonds is 5. The Morgan fingerprint density at radius 1 is 1.29 bits per heavy atom. The molecular formula is C18H22N2O4. The Morgan fingerprint density at radius 2 is 2.08 bits per heavy atom. The molecule has 24 heavy (non-hydrogen) atoms. The van der Waals surface area contributed by atoms with E-state index in [0.717, 1.165) is 23.7 Å². The molecular weight excluding hydrogens is 308 g/mol. The second-order valence-electron chi connectivity index (χ2n) is 6.09. The van der Waals surface area contributed by atoms with Crippen LogP contribution >= 0.6 is 0 Å². The number of fused-ring (bicyclic) bond motifs is 1. The molecule has 0 radical (unpaired) electrons. The molecule has 2 aromatic rings. The summed E-state index contributed by atoms with van der Waals surface area (Å²) >= 11 is 0. The number of hydrogen-bond donors (Lipinski definition) is 1. The molecule has 0 spiro atoms. The quantitative estimate of drug-likeness (QED) is 0.913. The number of amides is 1. The molecule has 1 fully saturated rings. The first kappa shape index (κ1) is 16.5. The highest BCUT2D eigenvalue weighted by Crippen LogP contribution is 2.26. The number of likely N-dealkylation sites (tertiary alicyclic amines) is 1. The first-order chi connectivity index (χ1) is 11.6. The SMILES string of the molecule is COCCn1cc(C(=O)N2CCCCC2C(=O)O)c2ccccc21. The number of aromatic nitrogens is 1. The molecule has 6 nitrogen and oxygen atoms in total. The van der Waals surface area contributed by atoms with Crippen LogP contribution in [0.3, 0.4) is 0 Å². The molecule has 3 rings (SSSR count). The molecule has 1 aliphatic heterocycles. The third-order valence-corrected chi connectivity index (χ3v) is 4.60. The second kappa shape index (κ2) is 7.05. The number of piperidine rings is 1. The maximum atomic E-state index is 13.0. The van der Waals surface area contributed by atoms with Gasteiger partial charge in [-0.15, -0.1) is 0 Å². The van der Waals surface area contributed by atoms with Gasteiger partial charge in [0, 0.05) is 37.3 Å². The van der Waals surface area contributed by atoms with Crippen molar-refractivity contribution in [3.8, 4) is 0 Å². The second-order valence-corrected chi connectivity index (χ2v) is 6.09. The summed E-state index contributed by atoms with van der Waals surface area (Å²) in [5.41, 5.74) is 1.52. The van der Waals surface area contributed by atoms with Crippen LogP contribution in [0.15, 0.2) is 30.5 Å². The Labute approximate surface area is 140 Å². The van der Waals surface area contributed by atoms with Crippen molar-refractivity contribution in [2.24, 2.45) is 0 Å². The molecule has 0 bridgehead atoms. The highest BCUT2D eigenvalue weighted by molar-refractivity contribution is 6.08. The molecule has 1 aromatic carbocycles. The zero-order valence-electron chi connectivity index (χ0n) is 13.8. The standard InChI is InChI=1S/C18H22N2O4/c1-24-11-10-19-12-14(13-6-2-3-7-15(13)19)17(21)20-9-5-4-8-16(20)18(22)23/h2-3,6-7,12,16H,4-5,8-11H2,1H3,(H,22,23). The third kappa shape index (κ3) is 3.01.